The van der Waals surface area contributed by atoms with Crippen LogP contribution in [0.2, 0.25) is 0 Å². The van der Waals surface area contributed by atoms with Crippen LogP contribution in [0.4, 0.5) is 11.4 Å². The molecule has 2 aliphatic rings. The van der Waals surface area contributed by atoms with Crippen LogP contribution >= 0.6 is 0 Å². The SMILES string of the molecule is CC1Oc2ccc(N)cc2NC1=NC1CCCC1. The van der Waals surface area contributed by atoms with Crippen molar-refractivity contribution >= 4 is 17.2 Å². The Morgan fingerprint density at radius 1 is 1.33 bits per heavy atom. The van der Waals surface area contributed by atoms with E-state index in [2.05, 4.69) is 5.32 Å². The van der Waals surface area contributed by atoms with Crippen LogP contribution in [-0.2, 0) is 0 Å². The second-order valence-corrected chi connectivity index (χ2v) is 5.09. The first-order chi connectivity index (χ1) is 8.72. The number of nitrogens with two attached hydrogens (primary N) is 1. The number of nitrogens with zero attached hydrogens (tertiary/aromatic N) is 1. The minimum atomic E-state index is -0.0123. The van der Waals surface area contributed by atoms with Crippen LogP contribution in [0, 0.1) is 0 Å². The van der Waals surface area contributed by atoms with Gasteiger partial charge >= 0.3 is 0 Å². The Kier molecular flexibility index (Phi) is 2.86. The number of aliphatic imine (C=N–C) groups is 1. The van der Waals surface area contributed by atoms with Gasteiger partial charge in [-0.1, -0.05) is 12.8 Å². The molecule has 1 aliphatic heterocycles. The first kappa shape index (κ1) is 11.4. The maximum atomic E-state index is 5.86. The highest BCUT2D eigenvalue weighted by atomic mass is 16.5. The average molecular weight is 245 g/mol. The Balaban J connectivity index is 1.85. The Bertz CT molecular complexity index is 478. The van der Waals surface area contributed by atoms with Crippen LogP contribution in [0.25, 0.3) is 0 Å². The monoisotopic (exact) mass is 245 g/mol. The second-order valence-electron chi connectivity index (χ2n) is 5.09. The number of fused-ring (bicyclic) bond motifs is 1. The third kappa shape index (κ3) is 2.15. The van der Waals surface area contributed by atoms with Crippen LogP contribution in [-0.4, -0.2) is 18.0 Å². The lowest BCUT2D eigenvalue weighted by atomic mass is 10.2. The summed E-state index contributed by atoms with van der Waals surface area (Å²) in [5.41, 5.74) is 7.45. The number of hydrogen-bond donors (Lipinski definition) is 2. The third-order valence-corrected chi connectivity index (χ3v) is 3.60. The van der Waals surface area contributed by atoms with Gasteiger partial charge in [-0.25, -0.2) is 0 Å². The maximum absolute atomic E-state index is 5.86. The molecule has 0 radical (unpaired) electrons. The fourth-order valence-electron chi connectivity index (χ4n) is 2.60. The van der Waals surface area contributed by atoms with Crippen molar-refractivity contribution in [2.75, 3.05) is 11.1 Å². The number of nitrogen functional groups attached to an aromatic ring is 1. The molecule has 0 bridgehead atoms. The summed E-state index contributed by atoms with van der Waals surface area (Å²) in [4.78, 5) is 4.78. The molecular formula is C14H19N3O. The molecule has 1 aliphatic carbocycles. The van der Waals surface area contributed by atoms with Gasteiger partial charge in [0, 0.05) is 5.69 Å². The second kappa shape index (κ2) is 4.52. The van der Waals surface area contributed by atoms with Gasteiger partial charge in [-0.2, -0.15) is 0 Å². The molecule has 0 saturated heterocycles. The van der Waals surface area contributed by atoms with Crippen molar-refractivity contribution in [2.24, 2.45) is 4.99 Å². The molecular weight excluding hydrogens is 226 g/mol. The third-order valence-electron chi connectivity index (χ3n) is 3.60. The standard InChI is InChI=1S/C14H19N3O/c1-9-14(16-11-4-2-3-5-11)17-12-8-10(15)6-7-13(12)18-9/h6-9,11H,2-5,15H2,1H3,(H,16,17). The molecule has 1 atom stereocenters. The number of amidine groups is 1. The highest BCUT2D eigenvalue weighted by molar-refractivity contribution is 6.02. The van der Waals surface area contributed by atoms with Crippen LogP contribution in [0.15, 0.2) is 23.2 Å². The van der Waals surface area contributed by atoms with Crippen molar-refractivity contribution in [1.82, 2.24) is 0 Å². The average Bonchev–Trinajstić information content (AvgIpc) is 2.83. The molecule has 0 aromatic heterocycles. The van der Waals surface area contributed by atoms with Crippen LogP contribution in [0.1, 0.15) is 32.6 Å². The van der Waals surface area contributed by atoms with E-state index in [4.69, 9.17) is 15.5 Å². The smallest absolute Gasteiger partial charge is 0.153 e. The van der Waals surface area contributed by atoms with Gasteiger partial charge in [0.15, 0.2) is 6.10 Å². The highest BCUT2D eigenvalue weighted by Crippen LogP contribution is 2.32. The van der Waals surface area contributed by atoms with Gasteiger partial charge in [0.2, 0.25) is 0 Å². The zero-order valence-corrected chi connectivity index (χ0v) is 10.6. The van der Waals surface area contributed by atoms with E-state index in [1.54, 1.807) is 0 Å². The van der Waals surface area contributed by atoms with Crippen LogP contribution < -0.4 is 15.8 Å². The lowest BCUT2D eigenvalue weighted by Crippen LogP contribution is -2.35. The minimum absolute atomic E-state index is 0.0123. The van der Waals surface area contributed by atoms with Gasteiger partial charge in [0.25, 0.3) is 0 Å². The maximum Gasteiger partial charge on any atom is 0.153 e. The van der Waals surface area contributed by atoms with Crippen molar-refractivity contribution in [3.05, 3.63) is 18.2 Å². The Morgan fingerprint density at radius 3 is 2.89 bits per heavy atom. The Labute approximate surface area is 107 Å². The molecule has 3 rings (SSSR count). The van der Waals surface area contributed by atoms with Gasteiger partial charge in [0.05, 0.1) is 11.7 Å². The molecule has 1 aromatic carbocycles. The predicted molar refractivity (Wildman–Crippen MR) is 74.3 cm³/mol. The van der Waals surface area contributed by atoms with E-state index in [-0.39, 0.29) is 6.10 Å². The molecule has 4 heteroatoms. The minimum Gasteiger partial charge on any atom is -0.481 e. The predicted octanol–water partition coefficient (Wildman–Crippen LogP) is 2.80. The molecule has 1 saturated carbocycles. The number of ether oxygens (including phenoxy) is 1. The first-order valence-corrected chi connectivity index (χ1v) is 6.63. The van der Waals surface area contributed by atoms with Gasteiger partial charge in [0.1, 0.15) is 11.6 Å². The van der Waals surface area contributed by atoms with E-state index in [9.17, 15) is 0 Å². The normalized spacial score (nSPS) is 25.6. The van der Waals surface area contributed by atoms with E-state index in [1.807, 2.05) is 25.1 Å². The molecule has 0 spiro atoms. The van der Waals surface area contributed by atoms with Crippen molar-refractivity contribution in [3.8, 4) is 5.75 Å². The van der Waals surface area contributed by atoms with Crippen molar-refractivity contribution in [1.29, 1.82) is 0 Å². The van der Waals surface area contributed by atoms with Crippen LogP contribution in [0.5, 0.6) is 5.75 Å². The van der Waals surface area contributed by atoms with Crippen molar-refractivity contribution < 1.29 is 4.74 Å². The highest BCUT2D eigenvalue weighted by Gasteiger charge is 2.24. The van der Waals surface area contributed by atoms with E-state index in [0.29, 0.717) is 6.04 Å². The summed E-state index contributed by atoms with van der Waals surface area (Å²) in [5.74, 6) is 1.78. The quantitative estimate of drug-likeness (QED) is 0.748. The molecule has 1 fully saturated rings. The van der Waals surface area contributed by atoms with Crippen molar-refractivity contribution in [3.63, 3.8) is 0 Å². The Hall–Kier alpha value is -1.71. The summed E-state index contributed by atoms with van der Waals surface area (Å²) in [6, 6.07) is 6.11. The van der Waals surface area contributed by atoms with Gasteiger partial charge in [-0.05, 0) is 38.0 Å². The van der Waals surface area contributed by atoms with Gasteiger partial charge in [-0.15, -0.1) is 0 Å². The number of benzene rings is 1. The molecule has 3 N–H and O–H groups in total. The summed E-state index contributed by atoms with van der Waals surface area (Å²) < 4.78 is 5.86. The number of anilines is 2. The van der Waals surface area contributed by atoms with Crippen molar-refractivity contribution in [2.45, 2.75) is 44.8 Å². The molecule has 1 heterocycles. The fraction of sp³-hybridized carbons (Fsp3) is 0.500. The molecule has 18 heavy (non-hydrogen) atoms. The molecule has 1 aromatic rings. The first-order valence-electron chi connectivity index (χ1n) is 6.63. The summed E-state index contributed by atoms with van der Waals surface area (Å²) in [6.07, 6.45) is 4.96. The lowest BCUT2D eigenvalue weighted by Gasteiger charge is -2.27. The molecule has 4 nitrogen and oxygen atoms in total. The molecule has 0 amide bonds. The zero-order chi connectivity index (χ0) is 12.5. The van der Waals surface area contributed by atoms with Gasteiger partial charge in [-0.3, -0.25) is 4.99 Å². The lowest BCUT2D eigenvalue weighted by molar-refractivity contribution is 0.282. The number of rotatable bonds is 1. The summed E-state index contributed by atoms with van der Waals surface area (Å²) >= 11 is 0. The largest absolute Gasteiger partial charge is 0.481 e. The topological polar surface area (TPSA) is 59.6 Å². The summed E-state index contributed by atoms with van der Waals surface area (Å²) in [5, 5.41) is 3.36. The van der Waals surface area contributed by atoms with E-state index < -0.39 is 0 Å². The van der Waals surface area contributed by atoms with E-state index >= 15 is 0 Å². The number of hydrogen-bond acceptors (Lipinski definition) is 3. The molecule has 96 valence electrons. The summed E-state index contributed by atoms with van der Waals surface area (Å²) in [6.45, 7) is 2.03. The Morgan fingerprint density at radius 2 is 2.11 bits per heavy atom. The number of nitrogens with one attached hydrogen (secondary N) is 1. The fourth-order valence-corrected chi connectivity index (χ4v) is 2.60. The van der Waals surface area contributed by atoms with Gasteiger partial charge < -0.3 is 15.8 Å². The summed E-state index contributed by atoms with van der Waals surface area (Å²) in [7, 11) is 0. The molecule has 1 unspecified atom stereocenters. The zero-order valence-electron chi connectivity index (χ0n) is 10.6. The van der Waals surface area contributed by atoms with E-state index in [0.717, 1.165) is 23.0 Å². The van der Waals surface area contributed by atoms with Crippen LogP contribution in [0.3, 0.4) is 0 Å². The van der Waals surface area contributed by atoms with E-state index in [1.165, 1.54) is 25.7 Å².